The van der Waals surface area contributed by atoms with Gasteiger partial charge in [0, 0.05) is 34.4 Å². The zero-order valence-corrected chi connectivity index (χ0v) is 20.1. The molecule has 8 heteroatoms. The topological polar surface area (TPSA) is 89.4 Å². The zero-order chi connectivity index (χ0) is 24.9. The van der Waals surface area contributed by atoms with E-state index in [1.807, 2.05) is 30.3 Å². The molecule has 0 radical (unpaired) electrons. The minimum absolute atomic E-state index is 0.102. The van der Waals surface area contributed by atoms with Crippen molar-refractivity contribution in [1.82, 2.24) is 9.88 Å². The number of nitrogens with zero attached hydrogens (tertiary/aromatic N) is 1. The normalized spacial score (nSPS) is 10.7. The van der Waals surface area contributed by atoms with E-state index in [1.165, 1.54) is 0 Å². The molecular weight excluding hydrogens is 466 g/mol. The summed E-state index contributed by atoms with van der Waals surface area (Å²) in [5.74, 6) is -0.422. The average Bonchev–Trinajstić information content (AvgIpc) is 2.86. The van der Waals surface area contributed by atoms with Gasteiger partial charge in [0.05, 0.1) is 18.7 Å². The zero-order valence-electron chi connectivity index (χ0n) is 19.3. The van der Waals surface area contributed by atoms with Crippen LogP contribution < -0.4 is 16.2 Å². The summed E-state index contributed by atoms with van der Waals surface area (Å²) in [6, 6.07) is 20.8. The van der Waals surface area contributed by atoms with Crippen molar-refractivity contribution in [3.05, 3.63) is 99.4 Å². The van der Waals surface area contributed by atoms with Gasteiger partial charge in [-0.05, 0) is 60.3 Å². The Morgan fingerprint density at radius 1 is 0.971 bits per heavy atom. The van der Waals surface area contributed by atoms with E-state index >= 15 is 0 Å². The first-order valence-corrected chi connectivity index (χ1v) is 11.5. The first kappa shape index (κ1) is 24.0. The predicted molar refractivity (Wildman–Crippen MR) is 138 cm³/mol. The Morgan fingerprint density at radius 3 is 2.37 bits per heavy atom. The Hall–Kier alpha value is -4.10. The van der Waals surface area contributed by atoms with Gasteiger partial charge in [-0.25, -0.2) is 9.59 Å². The van der Waals surface area contributed by atoms with E-state index in [4.69, 9.17) is 16.3 Å². The minimum Gasteiger partial charge on any atom is -0.462 e. The molecule has 178 valence electrons. The molecule has 0 aliphatic heterocycles. The molecule has 0 fully saturated rings. The maximum absolute atomic E-state index is 13.1. The number of carbonyl (C=O) groups excluding carboxylic acids is 2. The van der Waals surface area contributed by atoms with Crippen molar-refractivity contribution in [3.63, 3.8) is 0 Å². The maximum Gasteiger partial charge on any atom is 0.338 e. The summed E-state index contributed by atoms with van der Waals surface area (Å²) >= 11 is 6.27. The van der Waals surface area contributed by atoms with Crippen molar-refractivity contribution < 1.29 is 14.3 Å². The second-order valence-electron chi connectivity index (χ2n) is 7.85. The number of ether oxygens (including phenoxy) is 1. The monoisotopic (exact) mass is 489 g/mol. The molecule has 0 unspecified atom stereocenters. The molecule has 2 amide bonds. The Morgan fingerprint density at radius 2 is 1.69 bits per heavy atom. The third kappa shape index (κ3) is 5.20. The van der Waals surface area contributed by atoms with Crippen molar-refractivity contribution in [2.45, 2.75) is 13.5 Å². The predicted octanol–water partition coefficient (Wildman–Crippen LogP) is 5.36. The van der Waals surface area contributed by atoms with Crippen LogP contribution in [-0.2, 0) is 18.3 Å². The van der Waals surface area contributed by atoms with Crippen LogP contribution in [0.25, 0.3) is 21.9 Å². The summed E-state index contributed by atoms with van der Waals surface area (Å²) in [6.07, 6.45) is 0. The van der Waals surface area contributed by atoms with Gasteiger partial charge < -0.3 is 19.9 Å². The van der Waals surface area contributed by atoms with E-state index in [-0.39, 0.29) is 18.7 Å². The lowest BCUT2D eigenvalue weighted by Crippen LogP contribution is -2.32. The number of pyridine rings is 1. The fourth-order valence-electron chi connectivity index (χ4n) is 3.91. The molecule has 2 N–H and O–H groups in total. The molecule has 7 nitrogen and oxygen atoms in total. The highest BCUT2D eigenvalue weighted by Crippen LogP contribution is 2.32. The number of urea groups is 1. The third-order valence-electron chi connectivity index (χ3n) is 5.61. The molecule has 0 saturated carbocycles. The molecule has 0 aliphatic rings. The number of benzene rings is 3. The number of anilines is 1. The number of esters is 1. The summed E-state index contributed by atoms with van der Waals surface area (Å²) in [6.45, 7) is 2.13. The first-order chi connectivity index (χ1) is 16.9. The second-order valence-corrected chi connectivity index (χ2v) is 8.28. The average molecular weight is 490 g/mol. The van der Waals surface area contributed by atoms with Gasteiger partial charge in [-0.3, -0.25) is 4.79 Å². The van der Waals surface area contributed by atoms with Crippen LogP contribution in [0, 0.1) is 0 Å². The summed E-state index contributed by atoms with van der Waals surface area (Å²) in [4.78, 5) is 37.5. The van der Waals surface area contributed by atoms with E-state index in [2.05, 4.69) is 10.6 Å². The van der Waals surface area contributed by atoms with Gasteiger partial charge in [-0.1, -0.05) is 41.9 Å². The third-order valence-corrected chi connectivity index (χ3v) is 5.85. The van der Waals surface area contributed by atoms with Crippen LogP contribution in [0.5, 0.6) is 0 Å². The first-order valence-electron chi connectivity index (χ1n) is 11.1. The highest BCUT2D eigenvalue weighted by Gasteiger charge is 2.17. The van der Waals surface area contributed by atoms with Crippen LogP contribution in [-0.4, -0.2) is 23.2 Å². The van der Waals surface area contributed by atoms with Crippen LogP contribution in [0.15, 0.2) is 77.6 Å². The highest BCUT2D eigenvalue weighted by atomic mass is 35.5. The molecule has 0 spiro atoms. The molecule has 4 rings (SSSR count). The number of fused-ring (bicyclic) bond motifs is 1. The number of hydrogen-bond acceptors (Lipinski definition) is 4. The van der Waals surface area contributed by atoms with Crippen molar-refractivity contribution in [2.24, 2.45) is 7.05 Å². The van der Waals surface area contributed by atoms with E-state index < -0.39 is 12.0 Å². The molecule has 0 bridgehead atoms. The smallest absolute Gasteiger partial charge is 0.338 e. The van der Waals surface area contributed by atoms with Crippen molar-refractivity contribution >= 4 is 40.1 Å². The van der Waals surface area contributed by atoms with Gasteiger partial charge >= 0.3 is 12.0 Å². The quantitative estimate of drug-likeness (QED) is 0.357. The number of carbonyl (C=O) groups is 2. The highest BCUT2D eigenvalue weighted by molar-refractivity contribution is 6.31. The van der Waals surface area contributed by atoms with Crippen molar-refractivity contribution in [3.8, 4) is 11.1 Å². The van der Waals surface area contributed by atoms with Crippen LogP contribution in [0.4, 0.5) is 10.5 Å². The molecule has 1 aromatic heterocycles. The maximum atomic E-state index is 13.1. The molecule has 4 aromatic rings. The lowest BCUT2D eigenvalue weighted by Gasteiger charge is -2.18. The summed E-state index contributed by atoms with van der Waals surface area (Å²) in [5.41, 5.74) is 3.10. The Kier molecular flexibility index (Phi) is 7.17. The SMILES string of the molecule is CCOC(=O)c1ccc(NC(=O)NCc2c(-c3ccccc3)c3cc(Cl)ccc3c(=O)n2C)cc1. The second kappa shape index (κ2) is 10.4. The molecule has 0 saturated heterocycles. The fourth-order valence-corrected chi connectivity index (χ4v) is 4.09. The molecule has 0 atom stereocenters. The number of hydrogen-bond donors (Lipinski definition) is 2. The van der Waals surface area contributed by atoms with Crippen LogP contribution >= 0.6 is 11.6 Å². The number of aromatic nitrogens is 1. The number of nitrogens with one attached hydrogen (secondary N) is 2. The van der Waals surface area contributed by atoms with Crippen LogP contribution in [0.1, 0.15) is 23.0 Å². The van der Waals surface area contributed by atoms with Gasteiger partial charge in [0.15, 0.2) is 0 Å². The van der Waals surface area contributed by atoms with Crippen molar-refractivity contribution in [1.29, 1.82) is 0 Å². The van der Waals surface area contributed by atoms with Crippen molar-refractivity contribution in [2.75, 3.05) is 11.9 Å². The van der Waals surface area contributed by atoms with E-state index in [1.54, 1.807) is 61.0 Å². The standard InChI is InChI=1S/C27H24ClN3O4/c1-3-35-26(33)18-9-12-20(13-10-18)30-27(34)29-16-23-24(17-7-5-4-6-8-17)22-15-19(28)11-14-21(22)25(32)31(23)2/h4-15H,3,16H2,1-2H3,(H2,29,30,34). The molecule has 1 heterocycles. The van der Waals surface area contributed by atoms with Crippen LogP contribution in [0.3, 0.4) is 0 Å². The van der Waals surface area contributed by atoms with Crippen LogP contribution in [0.2, 0.25) is 5.02 Å². The summed E-state index contributed by atoms with van der Waals surface area (Å²) in [7, 11) is 1.69. The summed E-state index contributed by atoms with van der Waals surface area (Å²) in [5, 5.41) is 7.35. The lowest BCUT2D eigenvalue weighted by molar-refractivity contribution is 0.0526. The number of rotatable bonds is 6. The largest absolute Gasteiger partial charge is 0.462 e. The molecule has 3 aromatic carbocycles. The van der Waals surface area contributed by atoms with E-state index in [0.717, 1.165) is 16.5 Å². The lowest BCUT2D eigenvalue weighted by atomic mass is 9.96. The minimum atomic E-state index is -0.452. The molecular formula is C27H24ClN3O4. The Labute approximate surface area is 207 Å². The van der Waals surface area contributed by atoms with Gasteiger partial charge in [-0.2, -0.15) is 0 Å². The van der Waals surface area contributed by atoms with Gasteiger partial charge in [0.25, 0.3) is 5.56 Å². The molecule has 35 heavy (non-hydrogen) atoms. The Balaban J connectivity index is 1.62. The van der Waals surface area contributed by atoms with E-state index in [0.29, 0.717) is 27.4 Å². The van der Waals surface area contributed by atoms with E-state index in [9.17, 15) is 14.4 Å². The fraction of sp³-hybridized carbons (Fsp3) is 0.148. The summed E-state index contributed by atoms with van der Waals surface area (Å²) < 4.78 is 6.52. The van der Waals surface area contributed by atoms with Gasteiger partial charge in [0.1, 0.15) is 0 Å². The molecule has 0 aliphatic carbocycles. The Bertz CT molecular complexity index is 1450. The van der Waals surface area contributed by atoms with Gasteiger partial charge in [-0.15, -0.1) is 0 Å². The number of halogens is 1. The van der Waals surface area contributed by atoms with Gasteiger partial charge in [0.2, 0.25) is 0 Å². The number of amides is 2.